The maximum absolute atomic E-state index is 10.7. The lowest BCUT2D eigenvalue weighted by Gasteiger charge is -2.25. The molecule has 3 nitrogen and oxygen atoms in total. The number of halogens is 1. The Bertz CT molecular complexity index is 404. The number of aromatic carboxylic acids is 1. The van der Waals surface area contributed by atoms with Crippen molar-refractivity contribution < 1.29 is 14.6 Å². The Kier molecular flexibility index (Phi) is 3.89. The van der Waals surface area contributed by atoms with Gasteiger partial charge >= 0.3 is 5.97 Å². The van der Waals surface area contributed by atoms with Gasteiger partial charge in [0.15, 0.2) is 0 Å². The molecule has 1 aromatic rings. The summed E-state index contributed by atoms with van der Waals surface area (Å²) >= 11 is 5.24. The summed E-state index contributed by atoms with van der Waals surface area (Å²) in [4.78, 5) is 10.7. The van der Waals surface area contributed by atoms with E-state index >= 15 is 0 Å². The van der Waals surface area contributed by atoms with Gasteiger partial charge in [-0.15, -0.1) is 11.8 Å². The highest BCUT2D eigenvalue weighted by atomic mass is 79.9. The highest BCUT2D eigenvalue weighted by Crippen LogP contribution is 2.27. The van der Waals surface area contributed by atoms with Gasteiger partial charge in [0.05, 0.1) is 24.0 Å². The van der Waals surface area contributed by atoms with E-state index in [2.05, 4.69) is 15.9 Å². The van der Waals surface area contributed by atoms with Crippen LogP contribution in [-0.2, 0) is 10.5 Å². The third-order valence-corrected chi connectivity index (χ3v) is 4.34. The average molecular weight is 303 g/mol. The van der Waals surface area contributed by atoms with Crippen molar-refractivity contribution in [1.82, 2.24) is 0 Å². The minimum absolute atomic E-state index is 0.313. The van der Waals surface area contributed by atoms with E-state index in [1.165, 1.54) is 0 Å². The Hall–Kier alpha value is -0.520. The van der Waals surface area contributed by atoms with Crippen LogP contribution in [0, 0.1) is 0 Å². The molecule has 5 heteroatoms. The molecular weight excluding hydrogens is 292 g/mol. The van der Waals surface area contributed by atoms with E-state index in [1.54, 1.807) is 12.1 Å². The number of benzene rings is 1. The van der Waals surface area contributed by atoms with Gasteiger partial charge in [0.2, 0.25) is 0 Å². The lowest BCUT2D eigenvalue weighted by Crippen LogP contribution is -2.30. The molecule has 0 amide bonds. The van der Waals surface area contributed by atoms with E-state index in [9.17, 15) is 4.79 Å². The highest BCUT2D eigenvalue weighted by molar-refractivity contribution is 9.10. The SMILES string of the molecule is O=C(O)c1ccc(CSC2COC2)c(Br)c1. The van der Waals surface area contributed by atoms with Gasteiger partial charge in [-0.2, -0.15) is 0 Å². The van der Waals surface area contributed by atoms with Gasteiger partial charge in [-0.05, 0) is 17.7 Å². The summed E-state index contributed by atoms with van der Waals surface area (Å²) in [5, 5.41) is 9.41. The topological polar surface area (TPSA) is 46.5 Å². The number of carbonyl (C=O) groups is 1. The van der Waals surface area contributed by atoms with Crippen molar-refractivity contribution in [3.63, 3.8) is 0 Å². The van der Waals surface area contributed by atoms with E-state index in [0.29, 0.717) is 10.8 Å². The first-order chi connectivity index (χ1) is 7.66. The summed E-state index contributed by atoms with van der Waals surface area (Å²) in [6, 6.07) is 5.15. The van der Waals surface area contributed by atoms with Crippen molar-refractivity contribution in [1.29, 1.82) is 0 Å². The van der Waals surface area contributed by atoms with Gasteiger partial charge in [-0.3, -0.25) is 0 Å². The molecule has 1 heterocycles. The van der Waals surface area contributed by atoms with Crippen LogP contribution >= 0.6 is 27.7 Å². The molecule has 0 atom stereocenters. The summed E-state index contributed by atoms with van der Waals surface area (Å²) in [5.74, 6) is -0.0126. The first-order valence-corrected chi connectivity index (χ1v) is 6.72. The number of carboxylic acids is 1. The molecule has 2 rings (SSSR count). The van der Waals surface area contributed by atoms with Crippen molar-refractivity contribution in [2.45, 2.75) is 11.0 Å². The fourth-order valence-corrected chi connectivity index (χ4v) is 3.07. The molecule has 1 aromatic carbocycles. The first-order valence-electron chi connectivity index (χ1n) is 4.88. The minimum Gasteiger partial charge on any atom is -0.478 e. The molecule has 0 aromatic heterocycles. The smallest absolute Gasteiger partial charge is 0.335 e. The van der Waals surface area contributed by atoms with Crippen LogP contribution in [-0.4, -0.2) is 29.5 Å². The first kappa shape index (κ1) is 12.0. The monoisotopic (exact) mass is 302 g/mol. The van der Waals surface area contributed by atoms with Crippen LogP contribution < -0.4 is 0 Å². The number of ether oxygens (including phenoxy) is 1. The molecule has 1 aliphatic heterocycles. The van der Waals surface area contributed by atoms with Gasteiger partial charge < -0.3 is 9.84 Å². The standard InChI is InChI=1S/C11H11BrO3S/c12-10-3-7(11(13)14)1-2-8(10)6-16-9-4-15-5-9/h1-3,9H,4-6H2,(H,13,14). The van der Waals surface area contributed by atoms with Gasteiger partial charge in [0.1, 0.15) is 0 Å². The Morgan fingerprint density at radius 2 is 2.31 bits per heavy atom. The zero-order valence-corrected chi connectivity index (χ0v) is 10.9. The van der Waals surface area contributed by atoms with Crippen molar-refractivity contribution in [2.75, 3.05) is 13.2 Å². The summed E-state index contributed by atoms with van der Waals surface area (Å²) < 4.78 is 5.96. The van der Waals surface area contributed by atoms with Crippen LogP contribution in [0.25, 0.3) is 0 Å². The Morgan fingerprint density at radius 3 is 2.81 bits per heavy atom. The molecule has 1 N–H and O–H groups in total. The number of hydrogen-bond donors (Lipinski definition) is 1. The molecule has 0 unspecified atom stereocenters. The third-order valence-electron chi connectivity index (χ3n) is 2.38. The Balaban J connectivity index is 2.00. The molecule has 0 aliphatic carbocycles. The van der Waals surface area contributed by atoms with Crippen LogP contribution in [0.2, 0.25) is 0 Å². The number of thioether (sulfide) groups is 1. The predicted octanol–water partition coefficient (Wildman–Crippen LogP) is 2.78. The third kappa shape index (κ3) is 2.78. The fourth-order valence-electron chi connectivity index (χ4n) is 1.32. The molecule has 1 fully saturated rings. The summed E-state index contributed by atoms with van der Waals surface area (Å²) in [7, 11) is 0. The minimum atomic E-state index is -0.896. The summed E-state index contributed by atoms with van der Waals surface area (Å²) in [6.07, 6.45) is 0. The molecule has 0 radical (unpaired) electrons. The zero-order valence-electron chi connectivity index (χ0n) is 8.48. The molecule has 0 bridgehead atoms. The molecule has 0 spiro atoms. The van der Waals surface area contributed by atoms with Crippen molar-refractivity contribution in [3.05, 3.63) is 33.8 Å². The normalized spacial score (nSPS) is 15.8. The Morgan fingerprint density at radius 1 is 1.56 bits per heavy atom. The maximum atomic E-state index is 10.7. The molecule has 86 valence electrons. The second-order valence-corrected chi connectivity index (χ2v) is 5.72. The van der Waals surface area contributed by atoms with Crippen LogP contribution in [0.4, 0.5) is 0 Å². The Labute approximate surface area is 106 Å². The molecule has 1 saturated heterocycles. The van der Waals surface area contributed by atoms with Crippen molar-refractivity contribution in [3.8, 4) is 0 Å². The van der Waals surface area contributed by atoms with Crippen molar-refractivity contribution in [2.24, 2.45) is 0 Å². The lowest BCUT2D eigenvalue weighted by molar-refractivity contribution is 0.0455. The van der Waals surface area contributed by atoms with E-state index < -0.39 is 5.97 Å². The predicted molar refractivity (Wildman–Crippen MR) is 67.0 cm³/mol. The highest BCUT2D eigenvalue weighted by Gasteiger charge is 2.19. The van der Waals surface area contributed by atoms with E-state index in [1.807, 2.05) is 17.8 Å². The maximum Gasteiger partial charge on any atom is 0.335 e. The lowest BCUT2D eigenvalue weighted by atomic mass is 10.1. The zero-order chi connectivity index (χ0) is 11.5. The van der Waals surface area contributed by atoms with Gasteiger partial charge in [-0.1, -0.05) is 22.0 Å². The second kappa shape index (κ2) is 5.21. The van der Waals surface area contributed by atoms with Gasteiger partial charge in [0.25, 0.3) is 0 Å². The summed E-state index contributed by atoms with van der Waals surface area (Å²) in [6.45, 7) is 1.66. The summed E-state index contributed by atoms with van der Waals surface area (Å²) in [5.41, 5.74) is 1.44. The number of rotatable bonds is 4. The van der Waals surface area contributed by atoms with E-state index in [4.69, 9.17) is 9.84 Å². The second-order valence-electron chi connectivity index (χ2n) is 3.58. The number of hydrogen-bond acceptors (Lipinski definition) is 3. The molecule has 1 aliphatic rings. The van der Waals surface area contributed by atoms with Crippen molar-refractivity contribution >= 4 is 33.7 Å². The van der Waals surface area contributed by atoms with Crippen LogP contribution in [0.3, 0.4) is 0 Å². The van der Waals surface area contributed by atoms with E-state index in [-0.39, 0.29) is 0 Å². The van der Waals surface area contributed by atoms with Crippen LogP contribution in [0.15, 0.2) is 22.7 Å². The van der Waals surface area contributed by atoms with E-state index in [0.717, 1.165) is 29.0 Å². The molecule has 0 saturated carbocycles. The average Bonchev–Trinajstić information content (AvgIpc) is 2.17. The van der Waals surface area contributed by atoms with Gasteiger partial charge in [-0.25, -0.2) is 4.79 Å². The van der Waals surface area contributed by atoms with Crippen LogP contribution in [0.5, 0.6) is 0 Å². The van der Waals surface area contributed by atoms with Gasteiger partial charge in [0, 0.05) is 10.2 Å². The quantitative estimate of drug-likeness (QED) is 0.929. The largest absolute Gasteiger partial charge is 0.478 e. The van der Waals surface area contributed by atoms with Crippen LogP contribution in [0.1, 0.15) is 15.9 Å². The molecule has 16 heavy (non-hydrogen) atoms. The molecular formula is C11H11BrO3S. The fraction of sp³-hybridized carbons (Fsp3) is 0.364. The number of carboxylic acid groups (broad SMARTS) is 1.